The Morgan fingerprint density at radius 2 is 2.03 bits per heavy atom. The molecule has 1 aromatic carbocycles. The lowest BCUT2D eigenvalue weighted by Crippen LogP contribution is -2.42. The molecule has 1 aliphatic heterocycles. The summed E-state index contributed by atoms with van der Waals surface area (Å²) >= 11 is 2.13. The number of nitrogens with zero attached hydrogens (tertiary/aromatic N) is 2. The number of piperidine rings is 1. The van der Waals surface area contributed by atoms with Crippen molar-refractivity contribution in [1.29, 1.82) is 0 Å². The molecule has 2 heterocycles. The maximum Gasteiger partial charge on any atom is 0.303 e. The van der Waals surface area contributed by atoms with Gasteiger partial charge in [0.05, 0.1) is 18.7 Å². The Hall–Kier alpha value is -1.83. The third-order valence-electron chi connectivity index (χ3n) is 7.92. The summed E-state index contributed by atoms with van der Waals surface area (Å²) in [5, 5.41) is 22.2. The van der Waals surface area contributed by atoms with Crippen LogP contribution in [0, 0.1) is 11.8 Å². The molecule has 1 saturated heterocycles. The Morgan fingerprint density at radius 3 is 2.80 bits per heavy atom. The smallest absolute Gasteiger partial charge is 0.303 e. The molecule has 1 aromatic heterocycles. The fourth-order valence-corrected chi connectivity index (χ4v) is 7.23. The SMILES string of the molecule is COc1ccc2nccc(C(O)CC[C@@H]3CCN(CCSC4CCCC4)C[C@@H]3CCC(=O)O)c2c1. The van der Waals surface area contributed by atoms with E-state index in [0.29, 0.717) is 18.3 Å². The summed E-state index contributed by atoms with van der Waals surface area (Å²) in [6.07, 6.45) is 10.3. The van der Waals surface area contributed by atoms with Gasteiger partial charge in [0.15, 0.2) is 0 Å². The van der Waals surface area contributed by atoms with E-state index in [-0.39, 0.29) is 6.42 Å². The molecule has 0 bridgehead atoms. The maximum absolute atomic E-state index is 11.3. The monoisotopic (exact) mass is 500 g/mol. The first-order valence-corrected chi connectivity index (χ1v) is 14.2. The Morgan fingerprint density at radius 1 is 1.20 bits per heavy atom. The number of fused-ring (bicyclic) bond motifs is 1. The van der Waals surface area contributed by atoms with Crippen LogP contribution in [0.4, 0.5) is 0 Å². The molecule has 6 nitrogen and oxygen atoms in total. The summed E-state index contributed by atoms with van der Waals surface area (Å²) in [6, 6.07) is 7.66. The number of likely N-dealkylation sites (tertiary alicyclic amines) is 1. The van der Waals surface area contributed by atoms with Gasteiger partial charge in [-0.3, -0.25) is 9.78 Å². The minimum atomic E-state index is -0.713. The van der Waals surface area contributed by atoms with Gasteiger partial charge in [-0.25, -0.2) is 0 Å². The molecule has 2 aromatic rings. The van der Waals surface area contributed by atoms with E-state index in [1.165, 1.54) is 31.4 Å². The second kappa shape index (κ2) is 12.9. The van der Waals surface area contributed by atoms with Crippen LogP contribution >= 0.6 is 11.8 Å². The molecule has 1 aliphatic carbocycles. The van der Waals surface area contributed by atoms with Gasteiger partial charge in [-0.15, -0.1) is 0 Å². The van der Waals surface area contributed by atoms with E-state index in [0.717, 1.165) is 66.4 Å². The second-order valence-electron chi connectivity index (χ2n) is 10.2. The van der Waals surface area contributed by atoms with Crippen LogP contribution < -0.4 is 4.74 Å². The van der Waals surface area contributed by atoms with Crippen molar-refractivity contribution in [3.8, 4) is 5.75 Å². The zero-order chi connectivity index (χ0) is 24.6. The van der Waals surface area contributed by atoms with Gasteiger partial charge in [0.2, 0.25) is 0 Å². The first kappa shape index (κ1) is 26.2. The Bertz CT molecular complexity index is 965. The highest BCUT2D eigenvalue weighted by Crippen LogP contribution is 2.36. The summed E-state index contributed by atoms with van der Waals surface area (Å²) in [5.41, 5.74) is 1.74. The number of carboxylic acid groups (broad SMARTS) is 1. The number of aliphatic hydroxyl groups excluding tert-OH is 1. The number of thioether (sulfide) groups is 1. The number of aliphatic hydroxyl groups is 1. The first-order valence-electron chi connectivity index (χ1n) is 13.2. The molecule has 0 spiro atoms. The summed E-state index contributed by atoms with van der Waals surface area (Å²) in [4.78, 5) is 18.3. The molecule has 192 valence electrons. The number of benzene rings is 1. The predicted octanol–water partition coefficient (Wildman–Crippen LogP) is 5.54. The van der Waals surface area contributed by atoms with Crippen LogP contribution in [0.25, 0.3) is 10.9 Å². The van der Waals surface area contributed by atoms with E-state index < -0.39 is 12.1 Å². The summed E-state index contributed by atoms with van der Waals surface area (Å²) in [5.74, 6) is 2.04. The molecule has 1 saturated carbocycles. The van der Waals surface area contributed by atoms with E-state index in [2.05, 4.69) is 21.6 Å². The molecule has 0 amide bonds. The number of hydrogen-bond donors (Lipinski definition) is 2. The van der Waals surface area contributed by atoms with Crippen molar-refractivity contribution in [3.63, 3.8) is 0 Å². The van der Waals surface area contributed by atoms with Crippen molar-refractivity contribution < 1.29 is 19.7 Å². The highest BCUT2D eigenvalue weighted by molar-refractivity contribution is 7.99. The van der Waals surface area contributed by atoms with Crippen molar-refractivity contribution >= 4 is 28.6 Å². The van der Waals surface area contributed by atoms with Crippen molar-refractivity contribution in [2.45, 2.75) is 69.1 Å². The number of pyridine rings is 1. The number of methoxy groups -OCH3 is 1. The average Bonchev–Trinajstić information content (AvgIpc) is 3.39. The molecule has 7 heteroatoms. The molecule has 2 fully saturated rings. The van der Waals surface area contributed by atoms with Gasteiger partial charge in [0.25, 0.3) is 0 Å². The Balaban J connectivity index is 1.34. The van der Waals surface area contributed by atoms with E-state index in [4.69, 9.17) is 4.74 Å². The van der Waals surface area contributed by atoms with Gasteiger partial charge < -0.3 is 19.8 Å². The maximum atomic E-state index is 11.3. The number of hydrogen-bond acceptors (Lipinski definition) is 6. The van der Waals surface area contributed by atoms with E-state index in [1.54, 1.807) is 13.3 Å². The van der Waals surface area contributed by atoms with Crippen LogP contribution in [-0.4, -0.2) is 63.8 Å². The molecule has 35 heavy (non-hydrogen) atoms. The van der Waals surface area contributed by atoms with Crippen molar-refractivity contribution in [1.82, 2.24) is 9.88 Å². The second-order valence-corrected chi connectivity index (χ2v) is 11.6. The van der Waals surface area contributed by atoms with Crippen LogP contribution in [0.5, 0.6) is 5.75 Å². The third kappa shape index (κ3) is 7.34. The number of aliphatic carboxylic acids is 1. The number of ether oxygens (including phenoxy) is 1. The van der Waals surface area contributed by atoms with Crippen molar-refractivity contribution in [3.05, 3.63) is 36.0 Å². The minimum Gasteiger partial charge on any atom is -0.497 e. The van der Waals surface area contributed by atoms with Gasteiger partial charge in [0, 0.05) is 42.1 Å². The lowest BCUT2D eigenvalue weighted by atomic mass is 9.79. The molecule has 0 radical (unpaired) electrons. The molecule has 4 rings (SSSR count). The highest BCUT2D eigenvalue weighted by atomic mass is 32.2. The summed E-state index contributed by atoms with van der Waals surface area (Å²) in [6.45, 7) is 3.16. The van der Waals surface area contributed by atoms with Crippen LogP contribution in [0.3, 0.4) is 0 Å². The first-order chi connectivity index (χ1) is 17.0. The van der Waals surface area contributed by atoms with Gasteiger partial charge in [-0.1, -0.05) is 12.8 Å². The zero-order valence-electron chi connectivity index (χ0n) is 20.9. The highest BCUT2D eigenvalue weighted by Gasteiger charge is 2.30. The number of carboxylic acids is 1. The van der Waals surface area contributed by atoms with Gasteiger partial charge in [0.1, 0.15) is 5.75 Å². The zero-order valence-corrected chi connectivity index (χ0v) is 21.7. The normalized spacial score (nSPS) is 22.5. The third-order valence-corrected chi connectivity index (χ3v) is 9.28. The fraction of sp³-hybridized carbons (Fsp3) is 0.643. The molecule has 2 N–H and O–H groups in total. The molecule has 1 unspecified atom stereocenters. The molecule has 2 aliphatic rings. The number of rotatable bonds is 12. The number of aromatic nitrogens is 1. The van der Waals surface area contributed by atoms with Gasteiger partial charge >= 0.3 is 5.97 Å². The van der Waals surface area contributed by atoms with E-state index >= 15 is 0 Å². The number of carbonyl (C=O) groups is 1. The largest absolute Gasteiger partial charge is 0.497 e. The van der Waals surface area contributed by atoms with Crippen molar-refractivity contribution in [2.75, 3.05) is 32.5 Å². The predicted molar refractivity (Wildman–Crippen MR) is 142 cm³/mol. The fourth-order valence-electron chi connectivity index (χ4n) is 5.87. The van der Waals surface area contributed by atoms with Crippen LogP contribution in [0.1, 0.15) is 69.5 Å². The van der Waals surface area contributed by atoms with E-state index in [9.17, 15) is 15.0 Å². The van der Waals surface area contributed by atoms with Gasteiger partial charge in [-0.2, -0.15) is 11.8 Å². The van der Waals surface area contributed by atoms with Crippen molar-refractivity contribution in [2.24, 2.45) is 11.8 Å². The van der Waals surface area contributed by atoms with Crippen LogP contribution in [-0.2, 0) is 4.79 Å². The van der Waals surface area contributed by atoms with Gasteiger partial charge in [-0.05, 0) is 86.7 Å². The van der Waals surface area contributed by atoms with Crippen LogP contribution in [0.15, 0.2) is 30.5 Å². The molecule has 3 atom stereocenters. The summed E-state index contributed by atoms with van der Waals surface area (Å²) < 4.78 is 5.38. The topological polar surface area (TPSA) is 82.9 Å². The summed E-state index contributed by atoms with van der Waals surface area (Å²) in [7, 11) is 1.64. The van der Waals surface area contributed by atoms with Crippen LogP contribution in [0.2, 0.25) is 0 Å². The molecular weight excluding hydrogens is 460 g/mol. The Kier molecular flexibility index (Phi) is 9.69. The minimum absolute atomic E-state index is 0.225. The average molecular weight is 501 g/mol. The van der Waals surface area contributed by atoms with E-state index in [1.807, 2.05) is 24.3 Å². The lowest BCUT2D eigenvalue weighted by Gasteiger charge is -2.39. The Labute approximate surface area is 213 Å². The lowest BCUT2D eigenvalue weighted by molar-refractivity contribution is -0.137. The molecular formula is C28H40N2O4S. The standard InChI is InChI=1S/C28H40N2O4S/c1-34-22-8-9-26-25(18-22)24(12-14-29-26)27(31)10-6-20-13-15-30(19-21(20)7-11-28(32)33)16-17-35-23-4-2-3-5-23/h8-9,12,14,18,20-21,23,27,31H,2-7,10-11,13,15-17,19H2,1H3,(H,32,33)/t20-,21+,27?/m1/s1. The quantitative estimate of drug-likeness (QED) is 0.396.